The van der Waals surface area contributed by atoms with Gasteiger partial charge >= 0.3 is 6.03 Å². The number of carbonyl (C=O) groups is 2. The van der Waals surface area contributed by atoms with E-state index in [0.717, 1.165) is 25.7 Å². The molecule has 8 heteroatoms. The third-order valence-electron chi connectivity index (χ3n) is 5.37. The summed E-state index contributed by atoms with van der Waals surface area (Å²) in [6, 6.07) is 1.07. The highest BCUT2D eigenvalue weighted by Crippen LogP contribution is 2.42. The molecule has 0 radical (unpaired) electrons. The van der Waals surface area contributed by atoms with Gasteiger partial charge in [-0.1, -0.05) is 44.9 Å². The number of nitrogens with zero attached hydrogens (tertiary/aromatic N) is 2. The maximum Gasteiger partial charge on any atom is 0.350 e. The fourth-order valence-electron chi connectivity index (χ4n) is 3.94. The third kappa shape index (κ3) is 3.64. The van der Waals surface area contributed by atoms with Crippen LogP contribution in [0.1, 0.15) is 67.5 Å². The molecule has 1 aliphatic carbocycles. The smallest absolute Gasteiger partial charge is 0.349 e. The van der Waals surface area contributed by atoms with E-state index in [0.29, 0.717) is 31.5 Å². The van der Waals surface area contributed by atoms with Crippen LogP contribution in [0.4, 0.5) is 16.2 Å². The van der Waals surface area contributed by atoms with Gasteiger partial charge in [0, 0.05) is 12.2 Å². The van der Waals surface area contributed by atoms with Crippen LogP contribution in [-0.2, 0) is 0 Å². The van der Waals surface area contributed by atoms with E-state index in [9.17, 15) is 14.8 Å². The molecule has 0 spiro atoms. The molecule has 27 heavy (non-hydrogen) atoms. The van der Waals surface area contributed by atoms with Crippen molar-refractivity contribution in [1.82, 2.24) is 10.3 Å². The van der Waals surface area contributed by atoms with Crippen molar-refractivity contribution < 1.29 is 14.8 Å². The number of hydrogen-bond donors (Lipinski definition) is 3. The average Bonchev–Trinajstić information content (AvgIpc) is 3.04. The molecule has 2 aliphatic rings. The monoisotopic (exact) mass is 388 g/mol. The van der Waals surface area contributed by atoms with Crippen molar-refractivity contribution in [1.29, 1.82) is 0 Å². The average molecular weight is 388 g/mol. The van der Waals surface area contributed by atoms with Gasteiger partial charge in [-0.2, -0.15) is 5.06 Å². The summed E-state index contributed by atoms with van der Waals surface area (Å²) in [7, 11) is 0. The number of thiophene rings is 1. The van der Waals surface area contributed by atoms with Crippen molar-refractivity contribution in [3.8, 4) is 0 Å². The Morgan fingerprint density at radius 2 is 1.85 bits per heavy atom. The predicted octanol–water partition coefficient (Wildman–Crippen LogP) is 4.66. The number of hydroxylamine groups is 1. The van der Waals surface area contributed by atoms with Gasteiger partial charge in [0.1, 0.15) is 9.71 Å². The highest BCUT2D eigenvalue weighted by atomic mass is 32.1. The van der Waals surface area contributed by atoms with Crippen LogP contribution in [0, 0.1) is 0 Å². The topological polar surface area (TPSA) is 94.6 Å². The molecule has 144 valence electrons. The lowest BCUT2D eigenvalue weighted by molar-refractivity contribution is 0.0936. The summed E-state index contributed by atoms with van der Waals surface area (Å²) in [5.41, 5.74) is 0.804. The summed E-state index contributed by atoms with van der Waals surface area (Å²) in [6.07, 6.45) is 12.1. The quantitative estimate of drug-likeness (QED) is 0.652. The Hall–Kier alpha value is -2.19. The van der Waals surface area contributed by atoms with E-state index in [1.165, 1.54) is 49.6 Å². The summed E-state index contributed by atoms with van der Waals surface area (Å²) in [6.45, 7) is 0. The van der Waals surface area contributed by atoms with Gasteiger partial charge in [0.15, 0.2) is 0 Å². The predicted molar refractivity (Wildman–Crippen MR) is 106 cm³/mol. The zero-order valence-corrected chi connectivity index (χ0v) is 16.0. The molecule has 4 rings (SSSR count). The summed E-state index contributed by atoms with van der Waals surface area (Å²) in [4.78, 5) is 30.4. The van der Waals surface area contributed by atoms with E-state index in [1.54, 1.807) is 6.07 Å². The number of urea groups is 1. The molecule has 0 bridgehead atoms. The number of anilines is 2. The van der Waals surface area contributed by atoms with Crippen LogP contribution < -0.4 is 15.7 Å². The van der Waals surface area contributed by atoms with Crippen LogP contribution in [0.5, 0.6) is 0 Å². The Morgan fingerprint density at radius 3 is 2.56 bits per heavy atom. The maximum atomic E-state index is 13.0. The first-order chi connectivity index (χ1) is 13.1. The van der Waals surface area contributed by atoms with Gasteiger partial charge in [0.05, 0.1) is 16.8 Å². The molecule has 2 aromatic heterocycles. The summed E-state index contributed by atoms with van der Waals surface area (Å²) in [5, 5.41) is 16.9. The van der Waals surface area contributed by atoms with E-state index in [2.05, 4.69) is 15.6 Å². The number of pyridine rings is 1. The number of aromatic nitrogens is 1. The van der Waals surface area contributed by atoms with Crippen molar-refractivity contribution in [2.24, 2.45) is 0 Å². The highest BCUT2D eigenvalue weighted by Gasteiger charge is 2.31. The molecule has 1 aliphatic heterocycles. The lowest BCUT2D eigenvalue weighted by atomic mass is 9.97. The molecule has 0 unspecified atom stereocenters. The van der Waals surface area contributed by atoms with Gasteiger partial charge in [0.25, 0.3) is 5.91 Å². The second-order valence-corrected chi connectivity index (χ2v) is 8.28. The molecule has 3 amide bonds. The molecule has 3 heterocycles. The van der Waals surface area contributed by atoms with Crippen molar-refractivity contribution in [2.75, 3.05) is 10.4 Å². The van der Waals surface area contributed by atoms with Crippen LogP contribution >= 0.6 is 11.3 Å². The zero-order chi connectivity index (χ0) is 18.8. The number of nitrogens with one attached hydrogen (secondary N) is 2. The Balaban J connectivity index is 1.58. The lowest BCUT2D eigenvalue weighted by Crippen LogP contribution is -2.37. The van der Waals surface area contributed by atoms with Gasteiger partial charge in [-0.3, -0.25) is 10.0 Å². The first-order valence-corrected chi connectivity index (χ1v) is 10.5. The van der Waals surface area contributed by atoms with Crippen molar-refractivity contribution in [3.63, 3.8) is 0 Å². The van der Waals surface area contributed by atoms with Crippen LogP contribution in [0.25, 0.3) is 10.2 Å². The van der Waals surface area contributed by atoms with Gasteiger partial charge in [-0.15, -0.1) is 11.3 Å². The molecule has 0 aromatic carbocycles. The van der Waals surface area contributed by atoms with Crippen LogP contribution in [-0.4, -0.2) is 28.2 Å². The number of carbonyl (C=O) groups excluding carboxylic acids is 2. The second kappa shape index (κ2) is 7.82. The number of amides is 3. The van der Waals surface area contributed by atoms with E-state index in [4.69, 9.17) is 0 Å². The molecule has 3 N–H and O–H groups in total. The first kappa shape index (κ1) is 18.2. The zero-order valence-electron chi connectivity index (χ0n) is 15.2. The van der Waals surface area contributed by atoms with Gasteiger partial charge in [-0.25, -0.2) is 9.78 Å². The van der Waals surface area contributed by atoms with Crippen LogP contribution in [0.15, 0.2) is 12.3 Å². The summed E-state index contributed by atoms with van der Waals surface area (Å²) in [5.74, 6) is -0.173. The molecule has 1 saturated carbocycles. The molecular weight excluding hydrogens is 364 g/mol. The summed E-state index contributed by atoms with van der Waals surface area (Å²) < 4.78 is 0. The maximum absolute atomic E-state index is 13.0. The minimum Gasteiger partial charge on any atom is -0.349 e. The van der Waals surface area contributed by atoms with Crippen LogP contribution in [0.3, 0.4) is 0 Å². The Labute approximate surface area is 161 Å². The van der Waals surface area contributed by atoms with E-state index in [-0.39, 0.29) is 11.9 Å². The summed E-state index contributed by atoms with van der Waals surface area (Å²) >= 11 is 1.24. The number of hydrogen-bond acceptors (Lipinski definition) is 5. The molecule has 0 atom stereocenters. The first-order valence-electron chi connectivity index (χ1n) is 9.67. The van der Waals surface area contributed by atoms with E-state index >= 15 is 0 Å². The normalized spacial score (nSPS) is 19.0. The Bertz CT molecular complexity index is 856. The molecule has 2 aromatic rings. The van der Waals surface area contributed by atoms with Crippen molar-refractivity contribution >= 4 is 44.9 Å². The number of rotatable bonds is 2. The van der Waals surface area contributed by atoms with Gasteiger partial charge in [-0.05, 0) is 18.9 Å². The highest BCUT2D eigenvalue weighted by molar-refractivity contribution is 7.21. The minimum absolute atomic E-state index is 0.161. The molecular formula is C19H24N4O3S. The largest absolute Gasteiger partial charge is 0.350 e. The SMILES string of the molecule is O=C(NC1CCCCCCCCC1)c1sc2nccc3c2c1NC(=O)N3O. The Morgan fingerprint density at radius 1 is 1.19 bits per heavy atom. The Kier molecular flexibility index (Phi) is 5.27. The second-order valence-electron chi connectivity index (χ2n) is 7.28. The van der Waals surface area contributed by atoms with Gasteiger partial charge < -0.3 is 10.6 Å². The van der Waals surface area contributed by atoms with Crippen molar-refractivity contribution in [3.05, 3.63) is 17.1 Å². The van der Waals surface area contributed by atoms with E-state index < -0.39 is 6.03 Å². The fourth-order valence-corrected chi connectivity index (χ4v) is 4.96. The van der Waals surface area contributed by atoms with E-state index in [1.807, 2.05) is 0 Å². The minimum atomic E-state index is -0.666. The lowest BCUT2D eigenvalue weighted by Gasteiger charge is -2.23. The fraction of sp³-hybridized carbons (Fsp3) is 0.526. The molecule has 1 fully saturated rings. The third-order valence-corrected chi connectivity index (χ3v) is 6.47. The van der Waals surface area contributed by atoms with Crippen molar-refractivity contribution in [2.45, 2.75) is 63.8 Å². The van der Waals surface area contributed by atoms with Crippen LogP contribution in [0.2, 0.25) is 0 Å². The standard InChI is InChI=1S/C19H24N4O3S/c24-17(21-12-8-6-4-2-1-3-5-7-9-12)16-15-14-13(23(26)19(25)22-15)10-11-20-18(14)27-16/h10-12,26H,1-9H2,(H,21,24)(H,22,25). The molecule has 0 saturated heterocycles. The molecule has 7 nitrogen and oxygen atoms in total. The van der Waals surface area contributed by atoms with Gasteiger partial charge in [0.2, 0.25) is 0 Å².